The van der Waals surface area contributed by atoms with E-state index in [9.17, 15) is 4.79 Å². The van der Waals surface area contributed by atoms with Gasteiger partial charge in [-0.05, 0) is 50.9 Å². The SMILES string of the molecule is COC1CCCN(C(C)C(=O)Nc2cc(N)ccc2C)C1. The number of piperidine rings is 1. The number of benzene rings is 1. The third kappa shape index (κ3) is 3.95. The van der Waals surface area contributed by atoms with Crippen LogP contribution in [-0.2, 0) is 9.53 Å². The zero-order chi connectivity index (χ0) is 15.4. The van der Waals surface area contributed by atoms with Crippen LogP contribution in [0, 0.1) is 6.92 Å². The van der Waals surface area contributed by atoms with Crippen molar-refractivity contribution < 1.29 is 9.53 Å². The monoisotopic (exact) mass is 291 g/mol. The lowest BCUT2D eigenvalue weighted by molar-refractivity contribution is -0.122. The highest BCUT2D eigenvalue weighted by molar-refractivity contribution is 5.95. The standard InChI is InChI=1S/C16H25N3O2/c1-11-6-7-13(17)9-15(11)18-16(20)12(2)19-8-4-5-14(10-19)21-3/h6-7,9,12,14H,4-5,8,10,17H2,1-3H3,(H,18,20). The van der Waals surface area contributed by atoms with E-state index in [0.29, 0.717) is 5.69 Å². The molecule has 0 aromatic heterocycles. The first-order valence-electron chi connectivity index (χ1n) is 7.45. The summed E-state index contributed by atoms with van der Waals surface area (Å²) in [6, 6.07) is 5.37. The summed E-state index contributed by atoms with van der Waals surface area (Å²) < 4.78 is 5.41. The van der Waals surface area contributed by atoms with Gasteiger partial charge in [-0.1, -0.05) is 6.07 Å². The van der Waals surface area contributed by atoms with Crippen molar-refractivity contribution in [2.24, 2.45) is 0 Å². The van der Waals surface area contributed by atoms with Crippen molar-refractivity contribution in [3.05, 3.63) is 23.8 Å². The highest BCUT2D eigenvalue weighted by atomic mass is 16.5. The number of hydrogen-bond acceptors (Lipinski definition) is 4. The van der Waals surface area contributed by atoms with Gasteiger partial charge in [0.1, 0.15) is 0 Å². The van der Waals surface area contributed by atoms with E-state index >= 15 is 0 Å². The maximum absolute atomic E-state index is 12.4. The van der Waals surface area contributed by atoms with E-state index < -0.39 is 0 Å². The van der Waals surface area contributed by atoms with Crippen molar-refractivity contribution in [1.82, 2.24) is 4.90 Å². The average molecular weight is 291 g/mol. The number of methoxy groups -OCH3 is 1. The first-order valence-corrected chi connectivity index (χ1v) is 7.45. The Balaban J connectivity index is 2.00. The summed E-state index contributed by atoms with van der Waals surface area (Å²) >= 11 is 0. The van der Waals surface area contributed by atoms with Crippen LogP contribution in [0.3, 0.4) is 0 Å². The van der Waals surface area contributed by atoms with Gasteiger partial charge in [0, 0.05) is 25.0 Å². The van der Waals surface area contributed by atoms with E-state index in [2.05, 4.69) is 10.2 Å². The number of amides is 1. The second-order valence-corrected chi connectivity index (χ2v) is 5.73. The lowest BCUT2D eigenvalue weighted by Gasteiger charge is -2.35. The van der Waals surface area contributed by atoms with Crippen molar-refractivity contribution in [2.45, 2.75) is 38.8 Å². The van der Waals surface area contributed by atoms with E-state index in [1.807, 2.05) is 26.0 Å². The van der Waals surface area contributed by atoms with Crippen LogP contribution in [0.1, 0.15) is 25.3 Å². The predicted molar refractivity (Wildman–Crippen MR) is 85.3 cm³/mol. The second kappa shape index (κ2) is 6.91. The molecule has 1 fully saturated rings. The third-order valence-electron chi connectivity index (χ3n) is 4.19. The first-order chi connectivity index (χ1) is 10.0. The van der Waals surface area contributed by atoms with Crippen LogP contribution in [0.2, 0.25) is 0 Å². The number of hydrogen-bond donors (Lipinski definition) is 2. The van der Waals surface area contributed by atoms with Gasteiger partial charge in [0.05, 0.1) is 12.1 Å². The van der Waals surface area contributed by atoms with E-state index in [4.69, 9.17) is 10.5 Å². The number of anilines is 2. The van der Waals surface area contributed by atoms with Crippen molar-refractivity contribution >= 4 is 17.3 Å². The van der Waals surface area contributed by atoms with Crippen LogP contribution in [-0.4, -0.2) is 43.2 Å². The molecule has 2 atom stereocenters. The number of carbonyl (C=O) groups excluding carboxylic acids is 1. The molecule has 0 saturated carbocycles. The van der Waals surface area contributed by atoms with Gasteiger partial charge in [-0.3, -0.25) is 9.69 Å². The van der Waals surface area contributed by atoms with Crippen LogP contribution < -0.4 is 11.1 Å². The molecular weight excluding hydrogens is 266 g/mol. The van der Waals surface area contributed by atoms with Gasteiger partial charge in [0.2, 0.25) is 5.91 Å². The molecule has 0 aliphatic carbocycles. The number of likely N-dealkylation sites (tertiary alicyclic amines) is 1. The largest absolute Gasteiger partial charge is 0.399 e. The molecule has 5 nitrogen and oxygen atoms in total. The Morgan fingerprint density at radius 3 is 3.00 bits per heavy atom. The molecule has 1 saturated heterocycles. The molecule has 1 aliphatic rings. The smallest absolute Gasteiger partial charge is 0.241 e. The highest BCUT2D eigenvalue weighted by Gasteiger charge is 2.27. The molecule has 2 unspecified atom stereocenters. The zero-order valence-corrected chi connectivity index (χ0v) is 13.1. The van der Waals surface area contributed by atoms with Gasteiger partial charge < -0.3 is 15.8 Å². The van der Waals surface area contributed by atoms with Gasteiger partial charge in [-0.25, -0.2) is 0 Å². The Kier molecular flexibility index (Phi) is 5.20. The summed E-state index contributed by atoms with van der Waals surface area (Å²) in [4.78, 5) is 14.6. The quantitative estimate of drug-likeness (QED) is 0.833. The molecule has 1 amide bonds. The number of nitrogens with zero attached hydrogens (tertiary/aromatic N) is 1. The minimum atomic E-state index is -0.177. The molecule has 21 heavy (non-hydrogen) atoms. The van der Waals surface area contributed by atoms with E-state index in [1.54, 1.807) is 13.2 Å². The summed E-state index contributed by atoms with van der Waals surface area (Å²) in [5, 5.41) is 2.98. The fourth-order valence-corrected chi connectivity index (χ4v) is 2.69. The van der Waals surface area contributed by atoms with Crippen molar-refractivity contribution in [3.63, 3.8) is 0 Å². The van der Waals surface area contributed by atoms with Gasteiger partial charge in [0.25, 0.3) is 0 Å². The number of nitrogen functional groups attached to an aromatic ring is 1. The van der Waals surface area contributed by atoms with Crippen LogP contribution in [0.4, 0.5) is 11.4 Å². The minimum absolute atomic E-state index is 0.000420. The summed E-state index contributed by atoms with van der Waals surface area (Å²) in [6.07, 6.45) is 2.35. The van der Waals surface area contributed by atoms with Crippen molar-refractivity contribution in [2.75, 3.05) is 31.2 Å². The third-order valence-corrected chi connectivity index (χ3v) is 4.19. The molecule has 0 radical (unpaired) electrons. The maximum Gasteiger partial charge on any atom is 0.241 e. The van der Waals surface area contributed by atoms with Gasteiger partial charge in [-0.15, -0.1) is 0 Å². The molecule has 1 heterocycles. The molecule has 1 aliphatic heterocycles. The zero-order valence-electron chi connectivity index (χ0n) is 13.1. The first kappa shape index (κ1) is 15.8. The maximum atomic E-state index is 12.4. The summed E-state index contributed by atoms with van der Waals surface area (Å²) in [5.74, 6) is 0.000420. The van der Waals surface area contributed by atoms with Gasteiger partial charge in [0.15, 0.2) is 0 Å². The van der Waals surface area contributed by atoms with E-state index in [0.717, 1.165) is 37.2 Å². The Morgan fingerprint density at radius 1 is 1.52 bits per heavy atom. The Morgan fingerprint density at radius 2 is 2.29 bits per heavy atom. The fraction of sp³-hybridized carbons (Fsp3) is 0.562. The normalized spacial score (nSPS) is 21.0. The Labute approximate surface area is 126 Å². The number of nitrogens with one attached hydrogen (secondary N) is 1. The topological polar surface area (TPSA) is 67.6 Å². The van der Waals surface area contributed by atoms with Crippen molar-refractivity contribution in [1.29, 1.82) is 0 Å². The van der Waals surface area contributed by atoms with Crippen LogP contribution in [0.15, 0.2) is 18.2 Å². The molecule has 116 valence electrons. The number of nitrogens with two attached hydrogens (primary N) is 1. The second-order valence-electron chi connectivity index (χ2n) is 5.73. The Hall–Kier alpha value is -1.59. The average Bonchev–Trinajstić information content (AvgIpc) is 2.50. The highest BCUT2D eigenvalue weighted by Crippen LogP contribution is 2.20. The molecule has 5 heteroatoms. The fourth-order valence-electron chi connectivity index (χ4n) is 2.69. The lowest BCUT2D eigenvalue weighted by atomic mass is 10.1. The molecule has 1 aromatic carbocycles. The molecule has 1 aromatic rings. The molecule has 0 bridgehead atoms. The predicted octanol–water partition coefficient (Wildman–Crippen LogP) is 2.02. The van der Waals surface area contributed by atoms with Gasteiger partial charge >= 0.3 is 0 Å². The lowest BCUT2D eigenvalue weighted by Crippen LogP contribution is -2.48. The summed E-state index contributed by atoms with van der Waals surface area (Å²) in [5.41, 5.74) is 8.23. The number of carbonyl (C=O) groups is 1. The molecular formula is C16H25N3O2. The number of ether oxygens (including phenoxy) is 1. The van der Waals surface area contributed by atoms with Crippen LogP contribution in [0.5, 0.6) is 0 Å². The van der Waals surface area contributed by atoms with Crippen LogP contribution >= 0.6 is 0 Å². The van der Waals surface area contributed by atoms with E-state index in [-0.39, 0.29) is 18.1 Å². The van der Waals surface area contributed by atoms with E-state index in [1.165, 1.54) is 0 Å². The number of rotatable bonds is 4. The summed E-state index contributed by atoms with van der Waals surface area (Å²) in [6.45, 7) is 5.64. The van der Waals surface area contributed by atoms with Crippen molar-refractivity contribution in [3.8, 4) is 0 Å². The molecule has 3 N–H and O–H groups in total. The minimum Gasteiger partial charge on any atom is -0.399 e. The summed E-state index contributed by atoms with van der Waals surface area (Å²) in [7, 11) is 1.73. The molecule has 2 rings (SSSR count). The van der Waals surface area contributed by atoms with Crippen LogP contribution in [0.25, 0.3) is 0 Å². The molecule has 0 spiro atoms. The Bertz CT molecular complexity index is 504. The number of aryl methyl sites for hydroxylation is 1. The van der Waals surface area contributed by atoms with Gasteiger partial charge in [-0.2, -0.15) is 0 Å².